The average molecular weight is 302 g/mol. The Labute approximate surface area is 128 Å². The van der Waals surface area contributed by atoms with E-state index in [2.05, 4.69) is 32.4 Å². The van der Waals surface area contributed by atoms with Crippen LogP contribution in [0.25, 0.3) is 0 Å². The SMILES string of the molecule is C=CC(=O)Oc1ccc(C(=O)OC(=C)/C=C\C(=C)S)cc1. The first kappa shape index (κ1) is 16.5. The van der Waals surface area contributed by atoms with E-state index in [1.165, 1.54) is 30.3 Å². The summed E-state index contributed by atoms with van der Waals surface area (Å²) in [6.07, 6.45) is 4.08. The summed E-state index contributed by atoms with van der Waals surface area (Å²) in [5.74, 6) is -0.675. The van der Waals surface area contributed by atoms with Gasteiger partial charge >= 0.3 is 11.9 Å². The van der Waals surface area contributed by atoms with Crippen LogP contribution in [0.5, 0.6) is 5.75 Å². The molecule has 0 spiro atoms. The molecule has 0 radical (unpaired) electrons. The number of rotatable bonds is 6. The van der Waals surface area contributed by atoms with Crippen molar-refractivity contribution in [2.24, 2.45) is 0 Å². The van der Waals surface area contributed by atoms with Gasteiger partial charge in [0.25, 0.3) is 0 Å². The highest BCUT2D eigenvalue weighted by Gasteiger charge is 2.09. The van der Waals surface area contributed by atoms with Gasteiger partial charge in [-0.1, -0.05) is 19.7 Å². The number of thiol groups is 1. The molecule has 1 aromatic rings. The zero-order valence-electron chi connectivity index (χ0n) is 11.2. The second-order valence-corrected chi connectivity index (χ2v) is 4.40. The minimum absolute atomic E-state index is 0.164. The lowest BCUT2D eigenvalue weighted by Gasteiger charge is -2.05. The number of hydrogen-bond donors (Lipinski definition) is 1. The van der Waals surface area contributed by atoms with Crippen molar-refractivity contribution in [2.45, 2.75) is 0 Å². The Morgan fingerprint density at radius 1 is 1.10 bits per heavy atom. The van der Waals surface area contributed by atoms with Crippen LogP contribution in [0.4, 0.5) is 0 Å². The predicted molar refractivity (Wildman–Crippen MR) is 84.1 cm³/mol. The van der Waals surface area contributed by atoms with E-state index in [0.29, 0.717) is 16.2 Å². The maximum atomic E-state index is 11.8. The van der Waals surface area contributed by atoms with Gasteiger partial charge in [0.2, 0.25) is 0 Å². The van der Waals surface area contributed by atoms with Crippen LogP contribution in [-0.4, -0.2) is 11.9 Å². The summed E-state index contributed by atoms with van der Waals surface area (Å²) in [6, 6.07) is 5.91. The standard InChI is InChI=1S/C16H14O4S/c1-4-15(17)20-14-9-7-13(8-10-14)16(18)19-11(2)5-6-12(3)21/h4-10,21H,1-3H2/b6-5-. The highest BCUT2D eigenvalue weighted by atomic mass is 32.1. The lowest BCUT2D eigenvalue weighted by molar-refractivity contribution is -0.128. The summed E-state index contributed by atoms with van der Waals surface area (Å²) in [6.45, 7) is 10.4. The summed E-state index contributed by atoms with van der Waals surface area (Å²) >= 11 is 3.97. The fourth-order valence-electron chi connectivity index (χ4n) is 1.22. The third-order valence-corrected chi connectivity index (χ3v) is 2.31. The van der Waals surface area contributed by atoms with E-state index < -0.39 is 11.9 Å². The fourth-order valence-corrected chi connectivity index (χ4v) is 1.29. The van der Waals surface area contributed by atoms with Gasteiger partial charge in [0.1, 0.15) is 11.5 Å². The predicted octanol–water partition coefficient (Wildman–Crippen LogP) is 3.45. The van der Waals surface area contributed by atoms with Crippen molar-refractivity contribution >= 4 is 24.6 Å². The molecule has 1 rings (SSSR count). The molecular formula is C16H14O4S. The molecule has 1 aromatic carbocycles. The Balaban J connectivity index is 2.67. The summed E-state index contributed by atoms with van der Waals surface area (Å²) in [7, 11) is 0. The van der Waals surface area contributed by atoms with Crippen molar-refractivity contribution in [3.63, 3.8) is 0 Å². The zero-order valence-corrected chi connectivity index (χ0v) is 12.1. The average Bonchev–Trinajstić information content (AvgIpc) is 2.45. The van der Waals surface area contributed by atoms with E-state index in [4.69, 9.17) is 9.47 Å². The van der Waals surface area contributed by atoms with Crippen molar-refractivity contribution in [1.29, 1.82) is 0 Å². The molecular weight excluding hydrogens is 288 g/mol. The van der Waals surface area contributed by atoms with Gasteiger partial charge in [-0.3, -0.25) is 0 Å². The van der Waals surface area contributed by atoms with Crippen LogP contribution < -0.4 is 4.74 Å². The summed E-state index contributed by atoms with van der Waals surface area (Å²) < 4.78 is 9.90. The van der Waals surface area contributed by atoms with Gasteiger partial charge in [-0.25, -0.2) is 9.59 Å². The molecule has 0 aliphatic heterocycles. The molecule has 108 valence electrons. The number of hydrogen-bond acceptors (Lipinski definition) is 5. The Kier molecular flexibility index (Phi) is 6.23. The molecule has 0 N–H and O–H groups in total. The minimum atomic E-state index is -0.573. The first-order valence-corrected chi connectivity index (χ1v) is 6.28. The second kappa shape index (κ2) is 7.91. The molecule has 4 nitrogen and oxygen atoms in total. The molecule has 21 heavy (non-hydrogen) atoms. The molecule has 0 aliphatic carbocycles. The molecule has 0 atom stereocenters. The fraction of sp³-hybridized carbons (Fsp3) is 0. The maximum Gasteiger partial charge on any atom is 0.343 e. The number of benzene rings is 1. The molecule has 5 heteroatoms. The van der Waals surface area contributed by atoms with Crippen LogP contribution in [-0.2, 0) is 9.53 Å². The van der Waals surface area contributed by atoms with Crippen LogP contribution in [0.3, 0.4) is 0 Å². The van der Waals surface area contributed by atoms with E-state index in [1.807, 2.05) is 0 Å². The van der Waals surface area contributed by atoms with Crippen LogP contribution in [0.15, 0.2) is 72.9 Å². The smallest absolute Gasteiger partial charge is 0.343 e. The number of ether oxygens (including phenoxy) is 2. The first-order chi connectivity index (χ1) is 9.92. The minimum Gasteiger partial charge on any atom is -0.424 e. The van der Waals surface area contributed by atoms with Crippen molar-refractivity contribution in [1.82, 2.24) is 0 Å². The first-order valence-electron chi connectivity index (χ1n) is 5.83. The molecule has 0 aromatic heterocycles. The molecule has 0 unspecified atom stereocenters. The second-order valence-electron chi connectivity index (χ2n) is 3.83. The van der Waals surface area contributed by atoms with E-state index in [0.717, 1.165) is 6.08 Å². The largest absolute Gasteiger partial charge is 0.424 e. The number of carbonyl (C=O) groups is 2. The van der Waals surface area contributed by atoms with Gasteiger partial charge in [0, 0.05) is 6.08 Å². The maximum absolute atomic E-state index is 11.8. The van der Waals surface area contributed by atoms with Crippen molar-refractivity contribution in [3.8, 4) is 5.75 Å². The van der Waals surface area contributed by atoms with Gasteiger partial charge in [0.05, 0.1) is 5.56 Å². The Morgan fingerprint density at radius 3 is 2.24 bits per heavy atom. The molecule has 0 saturated heterocycles. The normalized spacial score (nSPS) is 9.95. The number of esters is 2. The van der Waals surface area contributed by atoms with E-state index in [-0.39, 0.29) is 5.76 Å². The number of carbonyl (C=O) groups excluding carboxylic acids is 2. The Hall–Kier alpha value is -2.53. The quantitative estimate of drug-likeness (QED) is 0.218. The molecule has 0 bridgehead atoms. The molecule has 0 saturated carbocycles. The van der Waals surface area contributed by atoms with Gasteiger partial charge in [-0.2, -0.15) is 0 Å². The van der Waals surface area contributed by atoms with E-state index in [9.17, 15) is 9.59 Å². The van der Waals surface area contributed by atoms with Crippen molar-refractivity contribution in [3.05, 3.63) is 78.5 Å². The molecule has 0 fully saturated rings. The van der Waals surface area contributed by atoms with Crippen LogP contribution in [0.1, 0.15) is 10.4 Å². The monoisotopic (exact) mass is 302 g/mol. The Bertz CT molecular complexity index is 612. The lowest BCUT2D eigenvalue weighted by Crippen LogP contribution is -2.05. The highest BCUT2D eigenvalue weighted by molar-refractivity contribution is 7.84. The Morgan fingerprint density at radius 2 is 1.71 bits per heavy atom. The summed E-state index contributed by atoms with van der Waals surface area (Å²) in [5.41, 5.74) is 0.299. The third kappa shape index (κ3) is 5.97. The van der Waals surface area contributed by atoms with Gasteiger partial charge < -0.3 is 9.47 Å². The highest BCUT2D eigenvalue weighted by Crippen LogP contribution is 2.14. The molecule has 0 amide bonds. The van der Waals surface area contributed by atoms with Crippen molar-refractivity contribution in [2.75, 3.05) is 0 Å². The van der Waals surface area contributed by atoms with E-state index in [1.54, 1.807) is 6.08 Å². The summed E-state index contributed by atoms with van der Waals surface area (Å²) in [5, 5.41) is 0. The third-order valence-electron chi connectivity index (χ3n) is 2.16. The van der Waals surface area contributed by atoms with Gasteiger partial charge in [-0.15, -0.1) is 12.6 Å². The van der Waals surface area contributed by atoms with Crippen LogP contribution >= 0.6 is 12.6 Å². The summed E-state index contributed by atoms with van der Waals surface area (Å²) in [4.78, 5) is 23.3. The lowest BCUT2D eigenvalue weighted by atomic mass is 10.2. The molecule has 0 aliphatic rings. The van der Waals surface area contributed by atoms with Crippen LogP contribution in [0, 0.1) is 0 Å². The topological polar surface area (TPSA) is 52.6 Å². The van der Waals surface area contributed by atoms with Gasteiger partial charge in [0.15, 0.2) is 0 Å². The number of allylic oxidation sites excluding steroid dienone is 2. The molecule has 0 heterocycles. The zero-order chi connectivity index (χ0) is 15.8. The van der Waals surface area contributed by atoms with Crippen LogP contribution in [0.2, 0.25) is 0 Å². The van der Waals surface area contributed by atoms with Crippen molar-refractivity contribution < 1.29 is 19.1 Å². The van der Waals surface area contributed by atoms with E-state index >= 15 is 0 Å². The van der Waals surface area contributed by atoms with Gasteiger partial charge in [-0.05, 0) is 41.3 Å².